The third-order valence-electron chi connectivity index (χ3n) is 2.59. The molecule has 1 aromatic carbocycles. The van der Waals surface area contributed by atoms with Crippen molar-refractivity contribution in [3.63, 3.8) is 0 Å². The molecule has 1 atom stereocenters. The van der Waals surface area contributed by atoms with Crippen LogP contribution in [0.2, 0.25) is 0 Å². The lowest BCUT2D eigenvalue weighted by molar-refractivity contribution is -0.138. The van der Waals surface area contributed by atoms with Crippen molar-refractivity contribution in [2.24, 2.45) is 0 Å². The van der Waals surface area contributed by atoms with Gasteiger partial charge in [-0.2, -0.15) is 13.2 Å². The maximum atomic E-state index is 12.9. The van der Waals surface area contributed by atoms with E-state index in [2.05, 4.69) is 42.1 Å². The summed E-state index contributed by atoms with van der Waals surface area (Å²) in [6, 6.07) is 4.06. The maximum absolute atomic E-state index is 12.9. The molecule has 0 aliphatic rings. The SMILES string of the molecule is CCC(Br)c1nnc(-c2ccc(Br)c(C(F)(F)F)c2)s1. The summed E-state index contributed by atoms with van der Waals surface area (Å²) in [5, 5.41) is 9.22. The molecule has 0 N–H and O–H groups in total. The molecule has 0 amide bonds. The molecule has 8 heteroatoms. The van der Waals surface area contributed by atoms with Gasteiger partial charge in [0.25, 0.3) is 0 Å². The highest BCUT2D eigenvalue weighted by Crippen LogP contribution is 2.39. The highest BCUT2D eigenvalue weighted by atomic mass is 79.9. The minimum Gasteiger partial charge on any atom is -0.166 e. The topological polar surface area (TPSA) is 25.8 Å². The second-order valence-electron chi connectivity index (χ2n) is 4.01. The molecule has 0 spiro atoms. The molecule has 1 aromatic heterocycles. The van der Waals surface area contributed by atoms with Crippen molar-refractivity contribution in [2.45, 2.75) is 24.3 Å². The zero-order valence-corrected chi connectivity index (χ0v) is 14.2. The Bertz CT molecular complexity index is 613. The van der Waals surface area contributed by atoms with Gasteiger partial charge in [0.05, 0.1) is 10.4 Å². The van der Waals surface area contributed by atoms with Gasteiger partial charge in [0.2, 0.25) is 0 Å². The maximum Gasteiger partial charge on any atom is 0.417 e. The Hall–Kier alpha value is -0.470. The fraction of sp³-hybridized carbons (Fsp3) is 0.333. The third kappa shape index (κ3) is 3.40. The highest BCUT2D eigenvalue weighted by molar-refractivity contribution is 9.10. The van der Waals surface area contributed by atoms with Crippen LogP contribution in [0.1, 0.15) is 28.7 Å². The van der Waals surface area contributed by atoms with Crippen LogP contribution < -0.4 is 0 Å². The van der Waals surface area contributed by atoms with Crippen molar-refractivity contribution < 1.29 is 13.2 Å². The molecule has 108 valence electrons. The van der Waals surface area contributed by atoms with Crippen molar-refractivity contribution >= 4 is 43.2 Å². The number of hydrogen-bond acceptors (Lipinski definition) is 3. The summed E-state index contributed by atoms with van der Waals surface area (Å²) in [6.45, 7) is 1.99. The van der Waals surface area contributed by atoms with E-state index in [1.54, 1.807) is 6.07 Å². The van der Waals surface area contributed by atoms with E-state index >= 15 is 0 Å². The van der Waals surface area contributed by atoms with Crippen LogP contribution in [0.15, 0.2) is 22.7 Å². The second kappa shape index (κ2) is 6.11. The second-order valence-corrected chi connectivity index (χ2v) is 6.98. The predicted octanol–water partition coefficient (Wildman–Crippen LogP) is 5.83. The van der Waals surface area contributed by atoms with Crippen LogP contribution in [0.5, 0.6) is 0 Å². The third-order valence-corrected chi connectivity index (χ3v) is 5.75. The standard InChI is InChI=1S/C12H9Br2F3N2S/c1-2-8(13)11-19-18-10(20-11)6-3-4-9(14)7(5-6)12(15,16)17/h3-5,8H,2H2,1H3. The average Bonchev–Trinajstić information content (AvgIpc) is 2.86. The minimum atomic E-state index is -4.40. The molecule has 2 rings (SSSR count). The summed E-state index contributed by atoms with van der Waals surface area (Å²) >= 11 is 7.66. The first-order valence-corrected chi connectivity index (χ1v) is 8.20. The number of alkyl halides is 4. The van der Waals surface area contributed by atoms with E-state index in [1.807, 2.05) is 6.92 Å². The normalized spacial score (nSPS) is 13.5. The van der Waals surface area contributed by atoms with Gasteiger partial charge >= 0.3 is 6.18 Å². The summed E-state index contributed by atoms with van der Waals surface area (Å²) in [4.78, 5) is 0.0753. The number of benzene rings is 1. The molecule has 0 aliphatic heterocycles. The lowest BCUT2D eigenvalue weighted by Gasteiger charge is -2.09. The molecule has 1 heterocycles. The number of hydrogen-bond donors (Lipinski definition) is 0. The summed E-state index contributed by atoms with van der Waals surface area (Å²) in [5.41, 5.74) is -0.294. The number of rotatable bonds is 3. The fourth-order valence-electron chi connectivity index (χ4n) is 1.53. The van der Waals surface area contributed by atoms with E-state index in [0.717, 1.165) is 17.5 Å². The molecule has 0 aliphatic carbocycles. The van der Waals surface area contributed by atoms with Gasteiger partial charge < -0.3 is 0 Å². The van der Waals surface area contributed by atoms with Gasteiger partial charge in [-0.3, -0.25) is 0 Å². The number of halogens is 5. The molecule has 0 radical (unpaired) electrons. The average molecular weight is 430 g/mol. The molecule has 2 aromatic rings. The van der Waals surface area contributed by atoms with Crippen LogP contribution >= 0.6 is 43.2 Å². The molecular weight excluding hydrogens is 421 g/mol. The van der Waals surface area contributed by atoms with Crippen molar-refractivity contribution in [3.05, 3.63) is 33.2 Å². The molecule has 1 unspecified atom stereocenters. The Morgan fingerprint density at radius 2 is 2.00 bits per heavy atom. The molecule has 2 nitrogen and oxygen atoms in total. The van der Waals surface area contributed by atoms with E-state index in [4.69, 9.17) is 0 Å². The van der Waals surface area contributed by atoms with Crippen LogP contribution in [-0.2, 0) is 6.18 Å². The van der Waals surface area contributed by atoms with E-state index in [1.165, 1.54) is 17.4 Å². The summed E-state index contributed by atoms with van der Waals surface area (Å²) in [6.07, 6.45) is -3.56. The van der Waals surface area contributed by atoms with Crippen molar-refractivity contribution in [1.29, 1.82) is 0 Å². The molecule has 0 bridgehead atoms. The quantitative estimate of drug-likeness (QED) is 0.573. The first-order chi connectivity index (χ1) is 9.32. The van der Waals surface area contributed by atoms with Gasteiger partial charge in [0.15, 0.2) is 0 Å². The Balaban J connectivity index is 2.41. The van der Waals surface area contributed by atoms with Gasteiger partial charge in [-0.15, -0.1) is 10.2 Å². The van der Waals surface area contributed by atoms with Gasteiger partial charge in [-0.25, -0.2) is 0 Å². The van der Waals surface area contributed by atoms with Gasteiger partial charge in [0, 0.05) is 10.0 Å². The largest absolute Gasteiger partial charge is 0.417 e. The number of nitrogens with zero attached hydrogens (tertiary/aromatic N) is 2. The van der Waals surface area contributed by atoms with Gasteiger partial charge in [-0.05, 0) is 18.6 Å². The molecule has 0 fully saturated rings. The van der Waals surface area contributed by atoms with Gasteiger partial charge in [0.1, 0.15) is 10.0 Å². The minimum absolute atomic E-state index is 0.0189. The molecular formula is C12H9Br2F3N2S. The Kier molecular flexibility index (Phi) is 4.86. The smallest absolute Gasteiger partial charge is 0.166 e. The fourth-order valence-corrected chi connectivity index (χ4v) is 3.27. The Labute approximate surface area is 134 Å². The van der Waals surface area contributed by atoms with Crippen LogP contribution in [0.4, 0.5) is 13.2 Å². The summed E-state index contributed by atoms with van der Waals surface area (Å²) in [5.74, 6) is 0. The van der Waals surface area contributed by atoms with Crippen LogP contribution in [0.3, 0.4) is 0 Å². The van der Waals surface area contributed by atoms with Crippen molar-refractivity contribution in [1.82, 2.24) is 10.2 Å². The first kappa shape index (κ1) is 15.9. The van der Waals surface area contributed by atoms with E-state index in [9.17, 15) is 13.2 Å². The first-order valence-electron chi connectivity index (χ1n) is 5.67. The number of aromatic nitrogens is 2. The lowest BCUT2D eigenvalue weighted by Crippen LogP contribution is -2.06. The molecule has 0 saturated heterocycles. The zero-order valence-electron chi connectivity index (χ0n) is 10.2. The van der Waals surface area contributed by atoms with Crippen molar-refractivity contribution in [3.8, 4) is 10.6 Å². The molecule has 20 heavy (non-hydrogen) atoms. The highest BCUT2D eigenvalue weighted by Gasteiger charge is 2.33. The van der Waals surface area contributed by atoms with E-state index in [-0.39, 0.29) is 9.30 Å². The molecule has 0 saturated carbocycles. The lowest BCUT2D eigenvalue weighted by atomic mass is 10.1. The summed E-state index contributed by atoms with van der Waals surface area (Å²) < 4.78 is 38.6. The Morgan fingerprint density at radius 1 is 1.30 bits per heavy atom. The summed E-state index contributed by atoms with van der Waals surface area (Å²) in [7, 11) is 0. The monoisotopic (exact) mass is 428 g/mol. The van der Waals surface area contributed by atoms with Crippen molar-refractivity contribution in [2.75, 3.05) is 0 Å². The van der Waals surface area contributed by atoms with Gasteiger partial charge in [-0.1, -0.05) is 56.2 Å². The Morgan fingerprint density at radius 3 is 2.60 bits per heavy atom. The zero-order chi connectivity index (χ0) is 14.9. The van der Waals surface area contributed by atoms with Crippen LogP contribution in [0, 0.1) is 0 Å². The van der Waals surface area contributed by atoms with Crippen LogP contribution in [0.25, 0.3) is 10.6 Å². The predicted molar refractivity (Wildman–Crippen MR) is 80.0 cm³/mol. The van der Waals surface area contributed by atoms with E-state index in [0.29, 0.717) is 10.6 Å². The van der Waals surface area contributed by atoms with Crippen LogP contribution in [-0.4, -0.2) is 10.2 Å². The van der Waals surface area contributed by atoms with E-state index < -0.39 is 11.7 Å².